The molecule has 2 aliphatic carbocycles. The summed E-state index contributed by atoms with van der Waals surface area (Å²) in [7, 11) is 6.73. The van der Waals surface area contributed by atoms with E-state index in [1.165, 1.54) is 24.6 Å². The number of aliphatic hydroxyl groups excluding tert-OH is 2. The number of allylic oxidation sites excluding steroid dienone is 6. The van der Waals surface area contributed by atoms with Crippen molar-refractivity contribution in [1.82, 2.24) is 9.80 Å². The molecule has 0 amide bonds. The zero-order chi connectivity index (χ0) is 49.9. The van der Waals surface area contributed by atoms with Crippen LogP contribution >= 0.6 is 0 Å². The van der Waals surface area contributed by atoms with Gasteiger partial charge in [-0.1, -0.05) is 72.9 Å². The van der Waals surface area contributed by atoms with E-state index >= 15 is 0 Å². The molecule has 8 atom stereocenters. The molecule has 2 saturated carbocycles. The third-order valence-electron chi connectivity index (χ3n) is 12.8. The van der Waals surface area contributed by atoms with Crippen molar-refractivity contribution in [1.29, 1.82) is 0 Å². The lowest BCUT2D eigenvalue weighted by Crippen LogP contribution is -2.40. The van der Waals surface area contributed by atoms with Gasteiger partial charge >= 0.3 is 0 Å². The molecule has 6 aliphatic rings. The molecule has 0 spiro atoms. The number of ketones is 2. The first-order valence-corrected chi connectivity index (χ1v) is 23.2. The lowest BCUT2D eigenvalue weighted by Gasteiger charge is -2.33. The van der Waals surface area contributed by atoms with E-state index in [2.05, 4.69) is 9.80 Å². The minimum Gasteiger partial charge on any atom is -0.851 e. The summed E-state index contributed by atoms with van der Waals surface area (Å²) in [5.74, 6) is -5.57. The van der Waals surface area contributed by atoms with Gasteiger partial charge in [-0.25, -0.2) is 0 Å². The average molecular weight is 957 g/mol. The molecule has 0 saturated heterocycles. The van der Waals surface area contributed by atoms with Crippen LogP contribution in [0.5, 0.6) is 0 Å². The molecule has 2 aromatic carbocycles. The Labute approximate surface area is 408 Å². The summed E-state index contributed by atoms with van der Waals surface area (Å²) in [6.45, 7) is 4.45. The van der Waals surface area contributed by atoms with Crippen LogP contribution in [0.2, 0.25) is 0 Å². The van der Waals surface area contributed by atoms with E-state index in [1.807, 2.05) is 73.1 Å². The summed E-state index contributed by atoms with van der Waals surface area (Å²) >= 11 is 0. The minimum absolute atomic E-state index is 0.0671. The second kappa shape index (κ2) is 24.0. The van der Waals surface area contributed by atoms with Crippen molar-refractivity contribution >= 4 is 34.1 Å². The molecule has 8 rings (SSSR count). The van der Waals surface area contributed by atoms with Gasteiger partial charge in [0, 0.05) is 124 Å². The van der Waals surface area contributed by atoms with E-state index < -0.39 is 59.7 Å². The van der Waals surface area contributed by atoms with E-state index in [-0.39, 0.29) is 11.5 Å². The molecule has 372 valence electrons. The van der Waals surface area contributed by atoms with Crippen molar-refractivity contribution in [2.75, 3.05) is 90.8 Å². The van der Waals surface area contributed by atoms with Crippen molar-refractivity contribution in [3.63, 3.8) is 0 Å². The number of hydrogen-bond acceptors (Lipinski definition) is 16. The van der Waals surface area contributed by atoms with Crippen molar-refractivity contribution in [2.24, 2.45) is 23.7 Å². The van der Waals surface area contributed by atoms with Gasteiger partial charge in [0.1, 0.15) is 23.1 Å². The standard InChI is InChI=1S/C35H40N2O7.C19H20N2O5/c1-41-19-21-43-17-15-36-13-11-25(27-7-3-5-9-31(27)36)23-29-33(38)30(35(40)34(29)39)24-26-12-14-37(16-18-44-22-20-42-2)32-10-6-4-8-28(26)32;1-20-5-3-11(15(22)9-20)7-13-17(24)14(19(26)18(13)25)8-12-4-6-21(2)10-16(12)23/h3-14,23-24,29-30,33-34H,15-22H2,1-2H3;3-10,13-14,17-18,22-23H,1-2H3/q2*-2. The van der Waals surface area contributed by atoms with Gasteiger partial charge < -0.3 is 78.8 Å². The lowest BCUT2D eigenvalue weighted by molar-refractivity contribution is -0.459. The number of ether oxygens (including phenoxy) is 4. The molecule has 8 unspecified atom stereocenters. The molecule has 2 aromatic rings. The van der Waals surface area contributed by atoms with Crippen LogP contribution in [0.1, 0.15) is 11.1 Å². The Morgan fingerprint density at radius 3 is 1.36 bits per heavy atom. The van der Waals surface area contributed by atoms with E-state index in [9.17, 15) is 40.2 Å². The van der Waals surface area contributed by atoms with Crippen LogP contribution in [0.25, 0.3) is 11.1 Å². The largest absolute Gasteiger partial charge is 0.851 e. The molecule has 0 radical (unpaired) electrons. The second-order valence-electron chi connectivity index (χ2n) is 17.5. The van der Waals surface area contributed by atoms with Crippen LogP contribution in [0.15, 0.2) is 157 Å². The van der Waals surface area contributed by atoms with Gasteiger partial charge in [-0.2, -0.15) is 0 Å². The Balaban J connectivity index is 0.000000236. The molecule has 2 N–H and O–H groups in total. The number of hydrogen-bond donors (Lipinski definition) is 2. The van der Waals surface area contributed by atoms with E-state index in [1.54, 1.807) is 74.8 Å². The maximum Gasteiger partial charge on any atom is 0.138 e. The molecule has 4 heterocycles. The molecule has 70 heavy (non-hydrogen) atoms. The quantitative estimate of drug-likeness (QED) is 0.231. The topological polar surface area (TPSA) is 217 Å². The summed E-state index contributed by atoms with van der Waals surface area (Å²) in [6, 6.07) is 15.7. The Morgan fingerprint density at radius 2 is 0.914 bits per heavy atom. The first kappa shape index (κ1) is 51.5. The van der Waals surface area contributed by atoms with Crippen LogP contribution in [0.3, 0.4) is 0 Å². The van der Waals surface area contributed by atoms with Crippen molar-refractivity contribution in [3.8, 4) is 0 Å². The van der Waals surface area contributed by atoms with E-state index in [0.717, 1.165) is 33.6 Å². The molecule has 2 fully saturated rings. The number of benzene rings is 2. The fourth-order valence-electron chi connectivity index (χ4n) is 9.01. The van der Waals surface area contributed by atoms with Crippen molar-refractivity contribution in [3.05, 3.63) is 168 Å². The minimum atomic E-state index is -1.70. The van der Waals surface area contributed by atoms with Crippen LogP contribution in [0.4, 0.5) is 11.4 Å². The number of para-hydroxylation sites is 2. The Kier molecular flexibility index (Phi) is 17.6. The highest BCUT2D eigenvalue weighted by atomic mass is 16.5. The average Bonchev–Trinajstić information content (AvgIpc) is 3.67. The normalized spacial score (nSPS) is 28.2. The van der Waals surface area contributed by atoms with Gasteiger partial charge in [0.25, 0.3) is 0 Å². The molecule has 0 bridgehead atoms. The van der Waals surface area contributed by atoms with Gasteiger partial charge in [0.15, 0.2) is 0 Å². The Bertz CT molecular complexity index is 2520. The van der Waals surface area contributed by atoms with Crippen LogP contribution < -0.4 is 30.2 Å². The summed E-state index contributed by atoms with van der Waals surface area (Å²) < 4.78 is 21.3. The third-order valence-corrected chi connectivity index (χ3v) is 12.8. The van der Waals surface area contributed by atoms with E-state index in [4.69, 9.17) is 18.9 Å². The van der Waals surface area contributed by atoms with Crippen LogP contribution in [-0.2, 0) is 28.5 Å². The maximum atomic E-state index is 13.7. The molecular weight excluding hydrogens is 897 g/mol. The Hall–Kier alpha value is -6.34. The number of nitrogens with zero attached hydrogens (tertiary/aromatic N) is 4. The van der Waals surface area contributed by atoms with Gasteiger partial charge in [-0.3, -0.25) is 0 Å². The van der Waals surface area contributed by atoms with Gasteiger partial charge in [0.05, 0.1) is 39.6 Å². The van der Waals surface area contributed by atoms with Gasteiger partial charge in [0.2, 0.25) is 0 Å². The smallest absolute Gasteiger partial charge is 0.138 e. The molecule has 16 heteroatoms. The lowest BCUT2D eigenvalue weighted by atomic mass is 9.91. The van der Waals surface area contributed by atoms with Crippen LogP contribution in [0, 0.1) is 23.7 Å². The summed E-state index contributed by atoms with van der Waals surface area (Å²) in [6.07, 6.45) is 17.0. The monoisotopic (exact) mass is 956 g/mol. The summed E-state index contributed by atoms with van der Waals surface area (Å²) in [4.78, 5) is 33.0. The number of carbonyl (C=O) groups excluding carboxylic acids is 2. The third kappa shape index (κ3) is 12.0. The second-order valence-corrected chi connectivity index (χ2v) is 17.5. The number of fused-ring (bicyclic) bond motifs is 2. The number of Topliss-reactive ketones (excluding diaryl/α,β-unsaturated/α-hetero) is 2. The van der Waals surface area contributed by atoms with Crippen LogP contribution in [-0.4, -0.2) is 137 Å². The maximum absolute atomic E-state index is 13.7. The predicted octanol–water partition coefficient (Wildman–Crippen LogP) is 2.25. The molecular formula is C54H60N4O12-4. The Morgan fingerprint density at radius 1 is 0.529 bits per heavy atom. The number of aliphatic hydroxyl groups is 2. The highest BCUT2D eigenvalue weighted by molar-refractivity contribution is 5.95. The number of rotatable bonds is 16. The van der Waals surface area contributed by atoms with Gasteiger partial charge in [-0.05, 0) is 59.4 Å². The summed E-state index contributed by atoms with van der Waals surface area (Å²) in [5.41, 5.74) is 5.96. The molecule has 0 aromatic heterocycles. The zero-order valence-electron chi connectivity index (χ0n) is 39.7. The highest BCUT2D eigenvalue weighted by Gasteiger charge is 2.38. The highest BCUT2D eigenvalue weighted by Crippen LogP contribution is 2.39. The number of anilines is 2. The number of methoxy groups -OCH3 is 2. The van der Waals surface area contributed by atoms with E-state index in [0.29, 0.717) is 63.9 Å². The van der Waals surface area contributed by atoms with Crippen molar-refractivity contribution < 1.29 is 59.2 Å². The van der Waals surface area contributed by atoms with Gasteiger partial charge in [-0.15, -0.1) is 12.2 Å². The zero-order valence-corrected chi connectivity index (χ0v) is 39.7. The molecule has 4 aliphatic heterocycles. The first-order valence-electron chi connectivity index (χ1n) is 23.2. The number of carbonyl (C=O) groups is 2. The fraction of sp³-hybridized carbons (Fsp3) is 0.370. The molecule has 16 nitrogen and oxygen atoms in total. The van der Waals surface area contributed by atoms with Crippen molar-refractivity contribution in [2.45, 2.75) is 24.4 Å². The summed E-state index contributed by atoms with van der Waals surface area (Å²) in [5, 5.41) is 72.0. The first-order chi connectivity index (χ1) is 33.8. The fourth-order valence-corrected chi connectivity index (χ4v) is 9.01. The predicted molar refractivity (Wildman–Crippen MR) is 258 cm³/mol. The SMILES string of the molecule is CN1C=CC(=CC2C(=O)C([O-])C(C=C3C=CN(C)C=C3O)C2[O-])C(O)=C1.COCCOCCN1C=CC(=CC2C(=O)C([O-])C(C=C3C=CN(CCOCCOC)c4ccccc43)C2[O-])c2ccccc21.